The van der Waals surface area contributed by atoms with Gasteiger partial charge in [-0.05, 0) is 36.1 Å². The summed E-state index contributed by atoms with van der Waals surface area (Å²) in [5.74, 6) is -0.507. The first-order valence-electron chi connectivity index (χ1n) is 10.2. The maximum absolute atomic E-state index is 12.8. The summed E-state index contributed by atoms with van der Waals surface area (Å²) in [5, 5.41) is 7.53. The van der Waals surface area contributed by atoms with E-state index in [1.807, 2.05) is 36.4 Å². The predicted molar refractivity (Wildman–Crippen MR) is 122 cm³/mol. The van der Waals surface area contributed by atoms with E-state index in [0.29, 0.717) is 36.3 Å². The number of carbonyl (C=O) groups is 3. The maximum Gasteiger partial charge on any atom is 0.258 e. The Morgan fingerprint density at radius 3 is 2.58 bits per heavy atom. The van der Waals surface area contributed by atoms with Gasteiger partial charge in [-0.2, -0.15) is 0 Å². The minimum atomic E-state index is -0.274. The van der Waals surface area contributed by atoms with Crippen LogP contribution in [0.15, 0.2) is 73.3 Å². The highest BCUT2D eigenvalue weighted by atomic mass is 16.2. The van der Waals surface area contributed by atoms with Crippen LogP contribution < -0.4 is 15.5 Å². The van der Waals surface area contributed by atoms with Gasteiger partial charge in [-0.25, -0.2) is 0 Å². The van der Waals surface area contributed by atoms with E-state index in [0.717, 1.165) is 16.5 Å². The van der Waals surface area contributed by atoms with Crippen molar-refractivity contribution in [2.75, 3.05) is 23.3 Å². The molecule has 0 bridgehead atoms. The highest BCUT2D eigenvalue weighted by Crippen LogP contribution is 2.37. The smallest absolute Gasteiger partial charge is 0.258 e. The fourth-order valence-electron chi connectivity index (χ4n) is 3.86. The molecule has 156 valence electrons. The molecule has 0 saturated carbocycles. The second-order valence-electron chi connectivity index (χ2n) is 7.33. The number of hydrogen-bond donors (Lipinski definition) is 2. The summed E-state index contributed by atoms with van der Waals surface area (Å²) in [5.41, 5.74) is 2.46. The number of carbonyl (C=O) groups excluding carboxylic acids is 3. The Bertz CT molecular complexity index is 1180. The maximum atomic E-state index is 12.8. The zero-order valence-electron chi connectivity index (χ0n) is 17.1. The lowest BCUT2D eigenvalue weighted by Crippen LogP contribution is -2.29. The Morgan fingerprint density at radius 1 is 1.00 bits per heavy atom. The van der Waals surface area contributed by atoms with Crippen LogP contribution in [-0.4, -0.2) is 30.8 Å². The van der Waals surface area contributed by atoms with Gasteiger partial charge in [0.25, 0.3) is 11.8 Å². The van der Waals surface area contributed by atoms with Crippen molar-refractivity contribution >= 4 is 39.9 Å². The summed E-state index contributed by atoms with van der Waals surface area (Å²) in [6.45, 7) is 4.38. The molecule has 0 unspecified atom stereocenters. The molecular formula is C25H23N3O3. The molecule has 0 radical (unpaired) electrons. The van der Waals surface area contributed by atoms with Crippen molar-refractivity contribution in [2.24, 2.45) is 0 Å². The van der Waals surface area contributed by atoms with E-state index in [2.05, 4.69) is 17.2 Å². The Labute approximate surface area is 180 Å². The lowest BCUT2D eigenvalue weighted by Gasteiger charge is -2.17. The molecule has 0 spiro atoms. The van der Waals surface area contributed by atoms with Gasteiger partial charge in [-0.15, -0.1) is 6.58 Å². The lowest BCUT2D eigenvalue weighted by atomic mass is 10.1. The third kappa shape index (κ3) is 4.05. The van der Waals surface area contributed by atoms with E-state index in [9.17, 15) is 14.4 Å². The van der Waals surface area contributed by atoms with Crippen LogP contribution in [0.5, 0.6) is 0 Å². The van der Waals surface area contributed by atoms with Crippen molar-refractivity contribution in [2.45, 2.75) is 12.8 Å². The molecule has 31 heavy (non-hydrogen) atoms. The first kappa shape index (κ1) is 20.3. The molecule has 0 atom stereocenters. The van der Waals surface area contributed by atoms with Crippen molar-refractivity contribution < 1.29 is 14.4 Å². The van der Waals surface area contributed by atoms with Gasteiger partial charge in [-0.1, -0.05) is 42.5 Å². The summed E-state index contributed by atoms with van der Waals surface area (Å²) in [6, 6.07) is 18.5. The van der Waals surface area contributed by atoms with Gasteiger partial charge in [0.15, 0.2) is 0 Å². The van der Waals surface area contributed by atoms with Crippen LogP contribution >= 0.6 is 0 Å². The largest absolute Gasteiger partial charge is 0.349 e. The van der Waals surface area contributed by atoms with Gasteiger partial charge >= 0.3 is 0 Å². The molecule has 0 fully saturated rings. The quantitative estimate of drug-likeness (QED) is 0.545. The standard InChI is InChI=1S/C25H23N3O3/c1-2-15-26-24(30)18-10-3-4-12-20(18)27-22(29)14-7-16-28-21-13-6-9-17-8-5-11-19(23(17)21)25(28)31/h2-6,8-13H,1,7,14-16H2,(H,26,30)(H,27,29). The Balaban J connectivity index is 1.38. The van der Waals surface area contributed by atoms with Gasteiger partial charge in [0, 0.05) is 30.5 Å². The summed E-state index contributed by atoms with van der Waals surface area (Å²) in [7, 11) is 0. The first-order valence-corrected chi connectivity index (χ1v) is 10.2. The number of rotatable bonds is 8. The molecule has 4 rings (SSSR count). The Hall–Kier alpha value is -3.93. The van der Waals surface area contributed by atoms with E-state index >= 15 is 0 Å². The molecule has 0 aliphatic carbocycles. The van der Waals surface area contributed by atoms with Crippen LogP contribution in [-0.2, 0) is 4.79 Å². The van der Waals surface area contributed by atoms with Crippen molar-refractivity contribution in [3.05, 3.63) is 84.4 Å². The number of para-hydroxylation sites is 1. The number of nitrogens with zero attached hydrogens (tertiary/aromatic N) is 1. The number of nitrogens with one attached hydrogen (secondary N) is 2. The third-order valence-corrected chi connectivity index (χ3v) is 5.29. The second-order valence-corrected chi connectivity index (χ2v) is 7.33. The molecule has 6 heteroatoms. The van der Waals surface area contributed by atoms with Gasteiger partial charge in [0.05, 0.1) is 16.9 Å². The molecule has 3 amide bonds. The average molecular weight is 413 g/mol. The molecule has 3 aromatic carbocycles. The highest BCUT2D eigenvalue weighted by Gasteiger charge is 2.29. The van der Waals surface area contributed by atoms with E-state index < -0.39 is 0 Å². The second kappa shape index (κ2) is 8.83. The van der Waals surface area contributed by atoms with E-state index in [4.69, 9.17) is 0 Å². The first-order chi connectivity index (χ1) is 15.1. The van der Waals surface area contributed by atoms with Crippen molar-refractivity contribution in [3.63, 3.8) is 0 Å². The highest BCUT2D eigenvalue weighted by molar-refractivity contribution is 6.25. The topological polar surface area (TPSA) is 78.5 Å². The molecule has 1 heterocycles. The van der Waals surface area contributed by atoms with Crippen LogP contribution in [0.25, 0.3) is 10.8 Å². The van der Waals surface area contributed by atoms with E-state index in [-0.39, 0.29) is 24.1 Å². The number of anilines is 2. The lowest BCUT2D eigenvalue weighted by molar-refractivity contribution is -0.116. The van der Waals surface area contributed by atoms with Gasteiger partial charge < -0.3 is 15.5 Å². The molecule has 0 saturated heterocycles. The molecule has 1 aliphatic rings. The van der Waals surface area contributed by atoms with Crippen molar-refractivity contribution in [3.8, 4) is 0 Å². The molecule has 6 nitrogen and oxygen atoms in total. The summed E-state index contributed by atoms with van der Waals surface area (Å²) < 4.78 is 0. The molecule has 0 aromatic heterocycles. The van der Waals surface area contributed by atoms with Gasteiger partial charge in [0.2, 0.25) is 5.91 Å². The third-order valence-electron chi connectivity index (χ3n) is 5.29. The normalized spacial score (nSPS) is 12.1. The van der Waals surface area contributed by atoms with Gasteiger partial charge in [0.1, 0.15) is 0 Å². The fourth-order valence-corrected chi connectivity index (χ4v) is 3.86. The fraction of sp³-hybridized carbons (Fsp3) is 0.160. The van der Waals surface area contributed by atoms with Crippen molar-refractivity contribution in [1.29, 1.82) is 0 Å². The zero-order valence-corrected chi connectivity index (χ0v) is 17.1. The minimum Gasteiger partial charge on any atom is -0.349 e. The molecule has 1 aliphatic heterocycles. The molecule has 3 aromatic rings. The number of benzene rings is 3. The van der Waals surface area contributed by atoms with Crippen LogP contribution in [0.1, 0.15) is 33.6 Å². The molecule has 2 N–H and O–H groups in total. The Kier molecular flexibility index (Phi) is 5.80. The molecular weight excluding hydrogens is 390 g/mol. The van der Waals surface area contributed by atoms with E-state index in [1.54, 1.807) is 35.2 Å². The van der Waals surface area contributed by atoms with Gasteiger partial charge in [-0.3, -0.25) is 14.4 Å². The SMILES string of the molecule is C=CCNC(=O)c1ccccc1NC(=O)CCCN1C(=O)c2cccc3cccc1c23. The minimum absolute atomic E-state index is 0.0311. The Morgan fingerprint density at radius 2 is 1.77 bits per heavy atom. The monoisotopic (exact) mass is 413 g/mol. The van der Waals surface area contributed by atoms with Crippen LogP contribution in [0, 0.1) is 0 Å². The average Bonchev–Trinajstić information content (AvgIpc) is 3.06. The summed E-state index contributed by atoms with van der Waals surface area (Å²) >= 11 is 0. The number of hydrogen-bond acceptors (Lipinski definition) is 3. The van der Waals surface area contributed by atoms with E-state index in [1.165, 1.54) is 0 Å². The summed E-state index contributed by atoms with van der Waals surface area (Å²) in [4.78, 5) is 39.3. The van der Waals surface area contributed by atoms with Crippen molar-refractivity contribution in [1.82, 2.24) is 5.32 Å². The summed E-state index contributed by atoms with van der Waals surface area (Å²) in [6.07, 6.45) is 2.34. The number of amides is 3. The van der Waals surface area contributed by atoms with Crippen LogP contribution in [0.3, 0.4) is 0 Å². The zero-order chi connectivity index (χ0) is 21.8. The predicted octanol–water partition coefficient (Wildman–Crippen LogP) is 4.13. The van der Waals surface area contributed by atoms with Crippen LogP contribution in [0.2, 0.25) is 0 Å². The van der Waals surface area contributed by atoms with Crippen LogP contribution in [0.4, 0.5) is 11.4 Å².